The van der Waals surface area contributed by atoms with Gasteiger partial charge in [-0.15, -0.1) is 0 Å². The Morgan fingerprint density at radius 1 is 1.26 bits per heavy atom. The minimum absolute atomic E-state index is 0.0113. The Labute approximate surface area is 161 Å². The first-order valence-corrected chi connectivity index (χ1v) is 11.3. The molecule has 5 saturated carbocycles. The molecule has 1 spiro atoms. The van der Waals surface area contributed by atoms with Gasteiger partial charge in [-0.1, -0.05) is 13.8 Å². The molecule has 5 heteroatoms. The average Bonchev–Trinajstić information content (AvgIpc) is 3.11. The lowest BCUT2D eigenvalue weighted by atomic mass is 9.41. The maximum Gasteiger partial charge on any atom is 0.116 e. The number of hydrogen-bond donors (Lipinski definition) is 2. The molecule has 9 rings (SSSR count). The number of nitrogens with zero attached hydrogens (tertiary/aromatic N) is 1. The van der Waals surface area contributed by atoms with E-state index in [4.69, 9.17) is 9.47 Å². The van der Waals surface area contributed by atoms with Crippen LogP contribution < -0.4 is 0 Å². The van der Waals surface area contributed by atoms with E-state index in [0.717, 1.165) is 19.4 Å². The van der Waals surface area contributed by atoms with Crippen LogP contribution in [0, 0.1) is 40.4 Å². The number of hydrogen-bond acceptors (Lipinski definition) is 5. The SMILES string of the molecule is CCN1C2[C@@H]3C[C@H]4[C@@]2([C@@H]2CC[C@@]4(C)C1O2)[C@@H]1C[C@H]2[C@H](O)[C@@H]1[C@]3(O)C[C@@H]2OC. The van der Waals surface area contributed by atoms with Crippen LogP contribution in [0.1, 0.15) is 46.0 Å². The highest BCUT2D eigenvalue weighted by atomic mass is 16.5. The maximum absolute atomic E-state index is 12.2. The lowest BCUT2D eigenvalue weighted by molar-refractivity contribution is -0.391. The standard InChI is InChI=1S/C22H33NO4/c1-4-23-18-12-8-14-20(2)6-5-15(27-19(20)23)22(14,18)11-7-10-13(26-3)9-21(12,25)16(11)17(10)24/h10-19,24-25H,4-9H2,1-3H3/t10-,11-,12+,13+,14-,15+,16-,17+,18?,19?,20-,21+,22-/m1/s1. The Morgan fingerprint density at radius 3 is 2.81 bits per heavy atom. The summed E-state index contributed by atoms with van der Waals surface area (Å²) in [6, 6.07) is 0.428. The average molecular weight is 376 g/mol. The monoisotopic (exact) mass is 375 g/mol. The summed E-state index contributed by atoms with van der Waals surface area (Å²) in [5, 5.41) is 23.5. The van der Waals surface area contributed by atoms with Gasteiger partial charge in [0.1, 0.15) is 6.23 Å². The fourth-order valence-electron chi connectivity index (χ4n) is 10.6. The summed E-state index contributed by atoms with van der Waals surface area (Å²) in [6.45, 7) is 5.73. The third-order valence-corrected chi connectivity index (χ3v) is 11.1. The molecule has 5 nitrogen and oxygen atoms in total. The van der Waals surface area contributed by atoms with Gasteiger partial charge < -0.3 is 19.7 Å². The fourth-order valence-corrected chi connectivity index (χ4v) is 10.6. The zero-order valence-corrected chi connectivity index (χ0v) is 16.7. The van der Waals surface area contributed by atoms with Crippen LogP contribution in [0.5, 0.6) is 0 Å². The molecule has 5 aliphatic carbocycles. The van der Waals surface area contributed by atoms with Crippen LogP contribution in [0.25, 0.3) is 0 Å². The normalized spacial score (nSPS) is 70.1. The van der Waals surface area contributed by atoms with Crippen LogP contribution in [0.3, 0.4) is 0 Å². The van der Waals surface area contributed by atoms with Crippen molar-refractivity contribution in [3.05, 3.63) is 0 Å². The van der Waals surface area contributed by atoms with E-state index in [1.54, 1.807) is 7.11 Å². The van der Waals surface area contributed by atoms with E-state index in [9.17, 15) is 10.2 Å². The quantitative estimate of drug-likeness (QED) is 0.768. The first kappa shape index (κ1) is 16.6. The number of aliphatic hydroxyl groups excluding tert-OH is 1. The molecule has 9 fully saturated rings. The number of aliphatic hydroxyl groups is 2. The molecule has 4 saturated heterocycles. The summed E-state index contributed by atoms with van der Waals surface area (Å²) in [5.41, 5.74) is -0.442. The third-order valence-electron chi connectivity index (χ3n) is 11.1. The highest BCUT2D eigenvalue weighted by Crippen LogP contribution is 2.82. The van der Waals surface area contributed by atoms with E-state index in [2.05, 4.69) is 18.7 Å². The zero-order valence-electron chi connectivity index (χ0n) is 16.7. The molecule has 0 aromatic heterocycles. The number of fused-ring (bicyclic) bond motifs is 3. The van der Waals surface area contributed by atoms with Crippen molar-refractivity contribution in [2.75, 3.05) is 13.7 Å². The van der Waals surface area contributed by atoms with E-state index in [0.29, 0.717) is 30.4 Å². The molecule has 0 aromatic carbocycles. The predicted octanol–water partition coefficient (Wildman–Crippen LogP) is 1.61. The number of piperidine rings is 1. The van der Waals surface area contributed by atoms with Gasteiger partial charge >= 0.3 is 0 Å². The van der Waals surface area contributed by atoms with E-state index < -0.39 is 11.7 Å². The molecule has 4 aliphatic heterocycles. The van der Waals surface area contributed by atoms with Crippen LogP contribution in [0.2, 0.25) is 0 Å². The van der Waals surface area contributed by atoms with Crippen LogP contribution in [-0.4, -0.2) is 65.0 Å². The van der Waals surface area contributed by atoms with Crippen LogP contribution >= 0.6 is 0 Å². The van der Waals surface area contributed by atoms with Gasteiger partial charge in [-0.2, -0.15) is 0 Å². The van der Waals surface area contributed by atoms with Crippen LogP contribution in [0.4, 0.5) is 0 Å². The van der Waals surface area contributed by atoms with Gasteiger partial charge in [0.25, 0.3) is 0 Å². The molecule has 0 aromatic rings. The lowest BCUT2D eigenvalue weighted by Crippen LogP contribution is -2.82. The smallest absolute Gasteiger partial charge is 0.116 e. The maximum atomic E-state index is 12.2. The Morgan fingerprint density at radius 2 is 2.07 bits per heavy atom. The molecule has 2 N–H and O–H groups in total. The number of methoxy groups -OCH3 is 1. The van der Waals surface area contributed by atoms with Gasteiger partial charge in [0.05, 0.1) is 23.9 Å². The molecular weight excluding hydrogens is 342 g/mol. The summed E-state index contributed by atoms with van der Waals surface area (Å²) >= 11 is 0. The van der Waals surface area contributed by atoms with Gasteiger partial charge in [-0.05, 0) is 44.1 Å². The van der Waals surface area contributed by atoms with E-state index in [1.165, 1.54) is 12.8 Å². The topological polar surface area (TPSA) is 62.2 Å². The highest BCUT2D eigenvalue weighted by molar-refractivity contribution is 5.35. The first-order chi connectivity index (χ1) is 12.9. The second kappa shape index (κ2) is 4.59. The van der Waals surface area contributed by atoms with Crippen LogP contribution in [-0.2, 0) is 9.47 Å². The molecule has 150 valence electrons. The molecule has 13 atom stereocenters. The second-order valence-corrected chi connectivity index (χ2v) is 11.2. The number of ether oxygens (including phenoxy) is 2. The molecule has 9 bridgehead atoms. The van der Waals surface area contributed by atoms with Gasteiger partial charge in [0.2, 0.25) is 0 Å². The van der Waals surface area contributed by atoms with E-state index >= 15 is 0 Å². The van der Waals surface area contributed by atoms with Gasteiger partial charge in [-0.3, -0.25) is 4.90 Å². The molecule has 4 heterocycles. The van der Waals surface area contributed by atoms with Crippen LogP contribution in [0.15, 0.2) is 0 Å². The molecular formula is C22H33NO4. The van der Waals surface area contributed by atoms with Crippen molar-refractivity contribution in [3.8, 4) is 0 Å². The van der Waals surface area contributed by atoms with Gasteiger partial charge in [0.15, 0.2) is 0 Å². The van der Waals surface area contributed by atoms with Crippen molar-refractivity contribution < 1.29 is 19.7 Å². The summed E-state index contributed by atoms with van der Waals surface area (Å²) in [7, 11) is 1.76. The fraction of sp³-hybridized carbons (Fsp3) is 1.00. The van der Waals surface area contributed by atoms with Crippen molar-refractivity contribution in [2.45, 2.75) is 82.1 Å². The Balaban J connectivity index is 1.49. The van der Waals surface area contributed by atoms with Gasteiger partial charge in [-0.25, -0.2) is 0 Å². The molecule has 2 unspecified atom stereocenters. The van der Waals surface area contributed by atoms with Gasteiger partial charge in [0, 0.05) is 48.2 Å². The van der Waals surface area contributed by atoms with E-state index in [-0.39, 0.29) is 40.9 Å². The Hall–Kier alpha value is -0.200. The van der Waals surface area contributed by atoms with Crippen molar-refractivity contribution >= 4 is 0 Å². The Kier molecular flexibility index (Phi) is 2.82. The van der Waals surface area contributed by atoms with Crippen molar-refractivity contribution in [1.29, 1.82) is 0 Å². The summed E-state index contributed by atoms with van der Waals surface area (Å²) in [4.78, 5) is 2.64. The van der Waals surface area contributed by atoms with Crippen molar-refractivity contribution in [3.63, 3.8) is 0 Å². The summed E-state index contributed by atoms with van der Waals surface area (Å²) in [5.74, 6) is 1.47. The molecule has 0 radical (unpaired) electrons. The molecule has 9 aliphatic rings. The minimum atomic E-state index is -0.782. The van der Waals surface area contributed by atoms with Crippen molar-refractivity contribution in [1.82, 2.24) is 4.90 Å². The molecule has 0 amide bonds. The largest absolute Gasteiger partial charge is 0.392 e. The van der Waals surface area contributed by atoms with E-state index in [1.807, 2.05) is 0 Å². The minimum Gasteiger partial charge on any atom is -0.392 e. The van der Waals surface area contributed by atoms with Crippen molar-refractivity contribution in [2.24, 2.45) is 40.4 Å². The lowest BCUT2D eigenvalue weighted by Gasteiger charge is -2.75. The molecule has 27 heavy (non-hydrogen) atoms. The summed E-state index contributed by atoms with van der Waals surface area (Å²) < 4.78 is 12.6. The zero-order chi connectivity index (χ0) is 18.5. The predicted molar refractivity (Wildman–Crippen MR) is 97.7 cm³/mol. The summed E-state index contributed by atoms with van der Waals surface area (Å²) in [6.07, 6.45) is 5.38. The second-order valence-electron chi connectivity index (χ2n) is 11.2. The first-order valence-electron chi connectivity index (χ1n) is 11.3. The Bertz CT molecular complexity index is 716. The highest BCUT2D eigenvalue weighted by Gasteiger charge is 2.86. The number of rotatable bonds is 2. The third kappa shape index (κ3) is 1.38.